The molecule has 0 spiro atoms. The van der Waals surface area contributed by atoms with Crippen LogP contribution in [0, 0.1) is 0 Å². The number of nitrogens with one attached hydrogen (secondary N) is 1. The molecule has 164 valence electrons. The van der Waals surface area contributed by atoms with E-state index in [1.165, 1.54) is 5.56 Å². The van der Waals surface area contributed by atoms with Gasteiger partial charge in [0.05, 0.1) is 0 Å². The Balaban J connectivity index is 0.000000290. The van der Waals surface area contributed by atoms with Crippen LogP contribution in [-0.2, 0) is 26.5 Å². The average molecular weight is 470 g/mol. The molecule has 0 aliphatic heterocycles. The molecule has 29 heavy (non-hydrogen) atoms. The maximum absolute atomic E-state index is 11.4. The fourth-order valence-corrected chi connectivity index (χ4v) is 3.26. The highest BCUT2D eigenvalue weighted by Crippen LogP contribution is 2.36. The second kappa shape index (κ2) is 9.01. The Morgan fingerprint density at radius 2 is 1.45 bits per heavy atom. The number of rotatable bonds is 5. The fourth-order valence-electron chi connectivity index (χ4n) is 1.55. The van der Waals surface area contributed by atoms with Gasteiger partial charge >= 0.3 is 11.0 Å². The van der Waals surface area contributed by atoms with E-state index in [4.69, 9.17) is 0 Å². The molecule has 1 heterocycles. The van der Waals surface area contributed by atoms with E-state index < -0.39 is 31.1 Å². The molecule has 18 heteroatoms. The van der Waals surface area contributed by atoms with Crippen molar-refractivity contribution in [1.29, 1.82) is 0 Å². The molecule has 2 rings (SSSR count). The Labute approximate surface area is 159 Å². The van der Waals surface area contributed by atoms with Gasteiger partial charge in [0, 0.05) is 6.42 Å². The lowest BCUT2D eigenvalue weighted by atomic mass is 10.1. The van der Waals surface area contributed by atoms with Crippen LogP contribution in [-0.4, -0.2) is 48.5 Å². The lowest BCUT2D eigenvalue weighted by molar-refractivity contribution is -0.428. The molecule has 10 nitrogen and oxygen atoms in total. The van der Waals surface area contributed by atoms with Gasteiger partial charge < -0.3 is 9.86 Å². The van der Waals surface area contributed by atoms with Crippen molar-refractivity contribution in [3.8, 4) is 0 Å². The van der Waals surface area contributed by atoms with Crippen LogP contribution in [0.2, 0.25) is 0 Å². The summed E-state index contributed by atoms with van der Waals surface area (Å²) in [7, 11) is -13.4. The molecule has 0 bridgehead atoms. The second-order valence-electron chi connectivity index (χ2n) is 5.07. The first-order chi connectivity index (χ1) is 13.1. The molecular weight excluding hydrogens is 458 g/mol. The van der Waals surface area contributed by atoms with Crippen LogP contribution in [0.25, 0.3) is 4.13 Å². The highest BCUT2D eigenvalue weighted by molar-refractivity contribution is 8.13. The number of aromatic amines is 1. The summed E-state index contributed by atoms with van der Waals surface area (Å²) in [5.41, 5.74) is -7.18. The Hall–Kier alpha value is -2.31. The number of H-pyrrole nitrogens is 1. The minimum absolute atomic E-state index is 0.0520. The molecule has 0 fully saturated rings. The van der Waals surface area contributed by atoms with Crippen molar-refractivity contribution in [2.24, 2.45) is 0 Å². The third-order valence-corrected chi connectivity index (χ3v) is 5.57. The number of hydrogen-bond acceptors (Lipinski definition) is 7. The maximum Gasteiger partial charge on any atom is 0.480 e. The van der Waals surface area contributed by atoms with Crippen molar-refractivity contribution in [2.45, 2.75) is 23.5 Å². The number of halogens is 6. The summed E-state index contributed by atoms with van der Waals surface area (Å²) in [6.07, 6.45) is 0.834. The van der Waals surface area contributed by atoms with Crippen LogP contribution in [0.1, 0.15) is 17.4 Å². The Bertz CT molecular complexity index is 935. The third kappa shape index (κ3) is 7.22. The van der Waals surface area contributed by atoms with E-state index in [1.807, 2.05) is 18.2 Å². The molecule has 0 aliphatic carbocycles. The summed E-state index contributed by atoms with van der Waals surface area (Å²) in [5, 5.41) is 13.7. The van der Waals surface area contributed by atoms with E-state index in [0.29, 0.717) is 5.82 Å². The molecule has 1 atom stereocenters. The molecule has 0 saturated heterocycles. The van der Waals surface area contributed by atoms with Gasteiger partial charge in [-0.3, -0.25) is 0 Å². The second-order valence-corrected chi connectivity index (χ2v) is 8.50. The van der Waals surface area contributed by atoms with Crippen molar-refractivity contribution in [3.05, 3.63) is 45.8 Å². The maximum atomic E-state index is 11.4. The van der Waals surface area contributed by atoms with Gasteiger partial charge in [-0.1, -0.05) is 30.3 Å². The molecule has 0 saturated carbocycles. The van der Waals surface area contributed by atoms with Crippen molar-refractivity contribution in [1.82, 2.24) is 20.6 Å². The van der Waals surface area contributed by atoms with Crippen LogP contribution in [0.4, 0.5) is 26.3 Å². The first-order valence-corrected chi connectivity index (χ1v) is 9.92. The molecule has 0 aliphatic rings. The molecule has 1 aromatic carbocycles. The van der Waals surface area contributed by atoms with E-state index in [2.05, 4.69) is 38.5 Å². The lowest BCUT2D eigenvalue weighted by Crippen LogP contribution is -2.55. The van der Waals surface area contributed by atoms with Gasteiger partial charge in [0.25, 0.3) is 0 Å². The summed E-state index contributed by atoms with van der Waals surface area (Å²) in [6, 6.07) is 10.2. The van der Waals surface area contributed by atoms with Crippen LogP contribution >= 0.6 is 0 Å². The normalized spacial score (nSPS) is 14.0. The van der Waals surface area contributed by atoms with Crippen molar-refractivity contribution in [2.75, 3.05) is 0 Å². The predicted octanol–water partition coefficient (Wildman–Crippen LogP) is 0.785. The highest BCUT2D eigenvalue weighted by atomic mass is 32.3. The summed E-state index contributed by atoms with van der Waals surface area (Å²) in [4.78, 5) is 0. The first-order valence-electron chi connectivity index (χ1n) is 7.04. The van der Waals surface area contributed by atoms with Crippen LogP contribution < -0.4 is 5.73 Å². The molecule has 4 N–H and O–H groups in total. The molecule has 0 amide bonds. The van der Waals surface area contributed by atoms with Crippen molar-refractivity contribution < 1.29 is 48.9 Å². The van der Waals surface area contributed by atoms with E-state index in [1.54, 1.807) is 0 Å². The standard InChI is InChI=1S/C9H11N5.C2F6NO4S2/c10-8(9-11-13-14-12-9)6-7-4-2-1-3-5-7;3-1(4,5)14(10,11)9-15(12,13)2(6,7)8/h1-5,8H,6,10H2,(H,11,12,13,14);/q;-1/p+1/t8-;/m0./s1. The van der Waals surface area contributed by atoms with Gasteiger partial charge in [0.15, 0.2) is 26.1 Å². The zero-order valence-corrected chi connectivity index (χ0v) is 15.5. The van der Waals surface area contributed by atoms with Gasteiger partial charge in [-0.25, -0.2) is 16.8 Å². The predicted molar refractivity (Wildman–Crippen MR) is 83.3 cm³/mol. The van der Waals surface area contributed by atoms with Gasteiger partial charge in [-0.05, 0) is 10.8 Å². The van der Waals surface area contributed by atoms with E-state index >= 15 is 0 Å². The summed E-state index contributed by atoms with van der Waals surface area (Å²) < 4.78 is 109. The number of hydrogen-bond donors (Lipinski definition) is 2. The van der Waals surface area contributed by atoms with E-state index in [9.17, 15) is 43.2 Å². The quantitative estimate of drug-likeness (QED) is 0.610. The molecule has 0 unspecified atom stereocenters. The number of alkyl halides is 6. The SMILES string of the molecule is O=S(=O)([N-]S(=O)(=O)C(F)(F)F)C(F)(F)F.[NH3+][C@@H](Cc1ccccc1)c1nn[nH]n1. The minimum atomic E-state index is -6.72. The van der Waals surface area contributed by atoms with Gasteiger partial charge in [0.1, 0.15) is 0 Å². The number of sulfonamides is 2. The van der Waals surface area contributed by atoms with Crippen molar-refractivity contribution in [3.63, 3.8) is 0 Å². The Morgan fingerprint density at radius 1 is 0.966 bits per heavy atom. The third-order valence-electron chi connectivity index (χ3n) is 2.83. The van der Waals surface area contributed by atoms with Gasteiger partial charge in [0.2, 0.25) is 5.82 Å². The Morgan fingerprint density at radius 3 is 1.83 bits per heavy atom. The van der Waals surface area contributed by atoms with Gasteiger partial charge in [-0.15, -0.1) is 10.2 Å². The number of aromatic nitrogens is 4. The number of benzene rings is 1. The molecule has 0 radical (unpaired) electrons. The van der Waals surface area contributed by atoms with E-state index in [-0.39, 0.29) is 6.04 Å². The first kappa shape index (κ1) is 24.7. The zero-order valence-electron chi connectivity index (χ0n) is 13.9. The molecule has 2 aromatic rings. The van der Waals surface area contributed by atoms with Crippen LogP contribution in [0.5, 0.6) is 0 Å². The summed E-state index contributed by atoms with van der Waals surface area (Å²) in [6.45, 7) is 0. The fraction of sp³-hybridized carbons (Fsp3) is 0.364. The summed E-state index contributed by atoms with van der Waals surface area (Å²) >= 11 is 0. The lowest BCUT2D eigenvalue weighted by Gasteiger charge is -2.22. The minimum Gasteiger partial charge on any atom is -0.421 e. The van der Waals surface area contributed by atoms with Crippen LogP contribution in [0.3, 0.4) is 0 Å². The largest absolute Gasteiger partial charge is 0.480 e. The smallest absolute Gasteiger partial charge is 0.421 e. The van der Waals surface area contributed by atoms with Crippen molar-refractivity contribution >= 4 is 20.0 Å². The molecule has 1 aromatic heterocycles. The average Bonchev–Trinajstić information content (AvgIpc) is 3.08. The van der Waals surface area contributed by atoms with E-state index in [0.717, 1.165) is 10.5 Å². The zero-order chi connectivity index (χ0) is 22.5. The number of tetrazole rings is 1. The number of quaternary nitrogens is 1. The van der Waals surface area contributed by atoms with Gasteiger partial charge in [-0.2, -0.15) is 31.6 Å². The monoisotopic (exact) mass is 470 g/mol. The van der Waals surface area contributed by atoms with Crippen LogP contribution in [0.15, 0.2) is 30.3 Å². The topological polar surface area (TPSA) is 164 Å². The summed E-state index contributed by atoms with van der Waals surface area (Å²) in [5.74, 6) is 0.661. The highest BCUT2D eigenvalue weighted by Gasteiger charge is 2.46. The Kier molecular flexibility index (Phi) is 7.68. The molecular formula is C11H12F6N6O4S2. The number of nitrogens with zero attached hydrogens (tertiary/aromatic N) is 4.